The van der Waals surface area contributed by atoms with E-state index >= 15 is 0 Å². The molecule has 0 bridgehead atoms. The third-order valence-corrected chi connectivity index (χ3v) is 10.9. The second-order valence-electron chi connectivity index (χ2n) is 11.7. The number of carbonyl (C=O) groups excluding carboxylic acids is 1. The molecule has 0 aliphatic heterocycles. The first-order valence-electron chi connectivity index (χ1n) is 13.0. The Balaban J connectivity index is 1.32. The lowest BCUT2D eigenvalue weighted by molar-refractivity contribution is -0.136. The van der Waals surface area contributed by atoms with Crippen LogP contribution in [0.1, 0.15) is 57.2 Å². The lowest BCUT2D eigenvalue weighted by atomic mass is 9.46. The Labute approximate surface area is 215 Å². The maximum atomic E-state index is 13.5. The first kappa shape index (κ1) is 23.9. The number of benzene rings is 1. The van der Waals surface area contributed by atoms with Gasteiger partial charge in [0, 0.05) is 5.92 Å². The van der Waals surface area contributed by atoms with Crippen molar-refractivity contribution in [2.45, 2.75) is 58.5 Å². The van der Waals surface area contributed by atoms with Gasteiger partial charge < -0.3 is 5.11 Å². The number of aliphatic hydroxyl groups excluding tert-OH is 1. The molecular weight excluding hydrogens is 473 g/mol. The van der Waals surface area contributed by atoms with E-state index in [0.29, 0.717) is 18.3 Å². The van der Waals surface area contributed by atoms with Crippen molar-refractivity contribution in [3.05, 3.63) is 53.1 Å². The predicted octanol–water partition coefficient (Wildman–Crippen LogP) is 5.56. The zero-order valence-corrected chi connectivity index (χ0v) is 21.6. The second-order valence-corrected chi connectivity index (χ2v) is 12.7. The molecule has 0 radical (unpaired) electrons. The molecule has 1 aromatic carbocycles. The Bertz CT molecular complexity index is 1280. The highest BCUT2D eigenvalue weighted by Crippen LogP contribution is 2.67. The van der Waals surface area contributed by atoms with Crippen LogP contribution in [0.3, 0.4) is 0 Å². The summed E-state index contributed by atoms with van der Waals surface area (Å²) in [5.74, 6) is 0.816. The van der Waals surface area contributed by atoms with Gasteiger partial charge in [-0.05, 0) is 103 Å². The molecule has 0 amide bonds. The molecular formula is C29H32FN3O2S. The summed E-state index contributed by atoms with van der Waals surface area (Å²) in [6.07, 6.45) is 9.10. The molecule has 4 aliphatic carbocycles. The van der Waals surface area contributed by atoms with E-state index in [4.69, 9.17) is 5.26 Å². The average Bonchev–Trinajstić information content (AvgIpc) is 3.40. The number of hydrogen-bond acceptors (Lipinski definition) is 5. The normalized spacial score (nSPS) is 36.6. The van der Waals surface area contributed by atoms with Crippen molar-refractivity contribution in [1.82, 2.24) is 9.78 Å². The monoisotopic (exact) mass is 505 g/mol. The molecule has 3 fully saturated rings. The van der Waals surface area contributed by atoms with E-state index in [1.165, 1.54) is 23.3 Å². The van der Waals surface area contributed by atoms with Crippen LogP contribution in [-0.4, -0.2) is 31.9 Å². The van der Waals surface area contributed by atoms with Crippen LogP contribution in [-0.2, 0) is 11.2 Å². The number of rotatable bonds is 3. The number of aromatic nitrogens is 2. The molecule has 7 heteroatoms. The van der Waals surface area contributed by atoms with Crippen LogP contribution < -0.4 is 0 Å². The van der Waals surface area contributed by atoms with Gasteiger partial charge in [0.15, 0.2) is 5.12 Å². The minimum absolute atomic E-state index is 0.0758. The predicted molar refractivity (Wildman–Crippen MR) is 138 cm³/mol. The van der Waals surface area contributed by atoms with Gasteiger partial charge in [-0.3, -0.25) is 4.79 Å². The Morgan fingerprint density at radius 2 is 2.06 bits per heavy atom. The summed E-state index contributed by atoms with van der Waals surface area (Å²) in [7, 11) is 0. The number of nitriles is 1. The number of nitrogens with zero attached hydrogens (tertiary/aromatic N) is 3. The molecule has 4 aliphatic rings. The summed E-state index contributed by atoms with van der Waals surface area (Å²) in [4.78, 5) is 13.0. The fourth-order valence-electron chi connectivity index (χ4n) is 8.56. The smallest absolute Gasteiger partial charge is 0.193 e. The van der Waals surface area contributed by atoms with Crippen LogP contribution in [0, 0.1) is 51.6 Å². The van der Waals surface area contributed by atoms with Gasteiger partial charge >= 0.3 is 0 Å². The van der Waals surface area contributed by atoms with Crippen molar-refractivity contribution in [3.63, 3.8) is 0 Å². The van der Waals surface area contributed by atoms with Crippen LogP contribution in [0.2, 0.25) is 0 Å². The maximum absolute atomic E-state index is 13.5. The van der Waals surface area contributed by atoms with E-state index in [2.05, 4.69) is 31.1 Å². The molecule has 2 aromatic rings. The third-order valence-electron chi connectivity index (χ3n) is 10.1. The number of fused-ring (bicyclic) bond motifs is 6. The standard InChI is InChI=1S/C29H32FN3O2S/c1-28-14-17-16-32-33(20-6-4-19(30)5-7-20)24(17)13-18(28)3-8-21-22-9-10-23(27(35)36-12-11-31)29(22,2)15-25(34)26(21)28/h4-7,13,16,21-23,25-26,34H,3,8-10,12,14-15H2,1-2H3. The lowest BCUT2D eigenvalue weighted by Crippen LogP contribution is -2.57. The fraction of sp³-hybridized carbons (Fsp3) is 0.552. The van der Waals surface area contributed by atoms with Gasteiger partial charge in [-0.25, -0.2) is 9.07 Å². The molecule has 7 atom stereocenters. The molecule has 6 rings (SSSR count). The van der Waals surface area contributed by atoms with Crippen LogP contribution in [0.25, 0.3) is 11.8 Å². The highest BCUT2D eigenvalue weighted by Gasteiger charge is 2.63. The molecule has 188 valence electrons. The molecule has 0 saturated heterocycles. The van der Waals surface area contributed by atoms with Crippen LogP contribution in [0.15, 0.2) is 36.0 Å². The van der Waals surface area contributed by atoms with Crippen molar-refractivity contribution in [1.29, 1.82) is 5.26 Å². The van der Waals surface area contributed by atoms with Gasteiger partial charge in [0.25, 0.3) is 0 Å². The summed E-state index contributed by atoms with van der Waals surface area (Å²) in [5, 5.41) is 25.4. The molecule has 1 heterocycles. The minimum atomic E-state index is -0.465. The summed E-state index contributed by atoms with van der Waals surface area (Å²) in [6, 6.07) is 8.51. The number of halogens is 1. The molecule has 3 saturated carbocycles. The quantitative estimate of drug-likeness (QED) is 0.591. The van der Waals surface area contributed by atoms with Gasteiger partial charge in [-0.2, -0.15) is 10.4 Å². The van der Waals surface area contributed by atoms with E-state index in [1.807, 2.05) is 10.9 Å². The van der Waals surface area contributed by atoms with Gasteiger partial charge in [0.1, 0.15) is 5.82 Å². The second kappa shape index (κ2) is 8.56. The largest absolute Gasteiger partial charge is 0.393 e. The van der Waals surface area contributed by atoms with E-state index in [9.17, 15) is 14.3 Å². The van der Waals surface area contributed by atoms with Crippen LogP contribution in [0.5, 0.6) is 0 Å². The van der Waals surface area contributed by atoms with Crippen molar-refractivity contribution in [2.75, 3.05) is 5.75 Å². The molecule has 36 heavy (non-hydrogen) atoms. The molecule has 1 N–H and O–H groups in total. The van der Waals surface area contributed by atoms with Crippen molar-refractivity contribution >= 4 is 23.0 Å². The summed E-state index contributed by atoms with van der Waals surface area (Å²) < 4.78 is 15.4. The zero-order chi connectivity index (χ0) is 25.2. The number of carbonyl (C=O) groups is 1. The Hall–Kier alpha value is -2.43. The fourth-order valence-corrected chi connectivity index (χ4v) is 9.36. The molecule has 1 aromatic heterocycles. The SMILES string of the molecule is CC12Cc3cnn(-c4ccc(F)cc4)c3C=C1CCC1C2C(O)CC2(C)C(C(=O)SCC#N)CCC12. The number of aliphatic hydroxyl groups is 1. The summed E-state index contributed by atoms with van der Waals surface area (Å²) in [5.41, 5.74) is 4.09. The Morgan fingerprint density at radius 1 is 1.28 bits per heavy atom. The zero-order valence-electron chi connectivity index (χ0n) is 20.8. The first-order valence-corrected chi connectivity index (χ1v) is 14.0. The topological polar surface area (TPSA) is 78.9 Å². The summed E-state index contributed by atoms with van der Waals surface area (Å²) >= 11 is 1.15. The highest BCUT2D eigenvalue weighted by atomic mass is 32.2. The summed E-state index contributed by atoms with van der Waals surface area (Å²) in [6.45, 7) is 4.54. The molecule has 0 spiro atoms. The average molecular weight is 506 g/mol. The van der Waals surface area contributed by atoms with Crippen molar-refractivity contribution in [2.24, 2.45) is 34.5 Å². The van der Waals surface area contributed by atoms with E-state index in [1.54, 1.807) is 12.1 Å². The Morgan fingerprint density at radius 3 is 2.81 bits per heavy atom. The van der Waals surface area contributed by atoms with Gasteiger partial charge in [0.05, 0.1) is 35.5 Å². The van der Waals surface area contributed by atoms with Gasteiger partial charge in [0.2, 0.25) is 0 Å². The Kier molecular flexibility index (Phi) is 5.69. The maximum Gasteiger partial charge on any atom is 0.193 e. The molecule has 7 unspecified atom stereocenters. The van der Waals surface area contributed by atoms with Crippen molar-refractivity contribution < 1.29 is 14.3 Å². The molecule has 5 nitrogen and oxygen atoms in total. The number of hydrogen-bond donors (Lipinski definition) is 1. The number of thioether (sulfide) groups is 1. The number of allylic oxidation sites excluding steroid dienone is 1. The minimum Gasteiger partial charge on any atom is -0.393 e. The van der Waals surface area contributed by atoms with E-state index < -0.39 is 6.10 Å². The first-order chi connectivity index (χ1) is 17.3. The van der Waals surface area contributed by atoms with E-state index in [0.717, 1.165) is 55.2 Å². The van der Waals surface area contributed by atoms with Crippen molar-refractivity contribution in [3.8, 4) is 11.8 Å². The highest BCUT2D eigenvalue weighted by molar-refractivity contribution is 8.13. The van der Waals surface area contributed by atoms with Crippen LogP contribution in [0.4, 0.5) is 4.39 Å². The van der Waals surface area contributed by atoms with Gasteiger partial charge in [-0.1, -0.05) is 31.2 Å². The van der Waals surface area contributed by atoms with E-state index in [-0.39, 0.29) is 39.4 Å². The third kappa shape index (κ3) is 3.44. The lowest BCUT2D eigenvalue weighted by Gasteiger charge is -2.59. The van der Waals surface area contributed by atoms with Gasteiger partial charge in [-0.15, -0.1) is 0 Å². The van der Waals surface area contributed by atoms with Crippen LogP contribution >= 0.6 is 11.8 Å².